The van der Waals surface area contributed by atoms with Crippen molar-refractivity contribution in [1.82, 2.24) is 4.90 Å². The number of hydrogen-bond donors (Lipinski definition) is 1. The number of hydrogen-bond acceptors (Lipinski definition) is 3. The highest BCUT2D eigenvalue weighted by Gasteiger charge is 2.39. The van der Waals surface area contributed by atoms with Gasteiger partial charge in [-0.05, 0) is 18.4 Å². The van der Waals surface area contributed by atoms with Crippen molar-refractivity contribution < 1.29 is 9.53 Å². The SMILES string of the molecule is NC1CC(=O)N(CC2CCCO2)C1c1ccccc1. The number of amides is 1. The van der Waals surface area contributed by atoms with Gasteiger partial charge in [0, 0.05) is 25.6 Å². The summed E-state index contributed by atoms with van der Waals surface area (Å²) in [6.45, 7) is 1.49. The van der Waals surface area contributed by atoms with Gasteiger partial charge in [0.2, 0.25) is 5.91 Å². The number of likely N-dealkylation sites (tertiary alicyclic amines) is 1. The van der Waals surface area contributed by atoms with E-state index < -0.39 is 0 Å². The van der Waals surface area contributed by atoms with E-state index in [2.05, 4.69) is 0 Å². The second-order valence-corrected chi connectivity index (χ2v) is 5.40. The molecule has 102 valence electrons. The fourth-order valence-corrected chi connectivity index (χ4v) is 3.12. The van der Waals surface area contributed by atoms with Crippen LogP contribution in [0.2, 0.25) is 0 Å². The predicted octanol–water partition coefficient (Wildman–Crippen LogP) is 1.47. The Kier molecular flexibility index (Phi) is 3.53. The molecule has 0 spiro atoms. The van der Waals surface area contributed by atoms with Crippen LogP contribution in [0.3, 0.4) is 0 Å². The molecule has 4 heteroatoms. The van der Waals surface area contributed by atoms with Gasteiger partial charge >= 0.3 is 0 Å². The zero-order chi connectivity index (χ0) is 13.2. The van der Waals surface area contributed by atoms with Crippen LogP contribution in [0.25, 0.3) is 0 Å². The molecule has 2 fully saturated rings. The van der Waals surface area contributed by atoms with Gasteiger partial charge in [-0.3, -0.25) is 4.79 Å². The molecule has 0 radical (unpaired) electrons. The number of benzene rings is 1. The molecule has 4 nitrogen and oxygen atoms in total. The first-order valence-corrected chi connectivity index (χ1v) is 6.97. The van der Waals surface area contributed by atoms with Gasteiger partial charge in [0.25, 0.3) is 0 Å². The van der Waals surface area contributed by atoms with E-state index in [0.29, 0.717) is 13.0 Å². The Bertz CT molecular complexity index is 443. The molecule has 3 atom stereocenters. The summed E-state index contributed by atoms with van der Waals surface area (Å²) in [6.07, 6.45) is 2.75. The van der Waals surface area contributed by atoms with Crippen molar-refractivity contribution in [3.63, 3.8) is 0 Å². The number of nitrogens with zero attached hydrogens (tertiary/aromatic N) is 1. The molecule has 0 aromatic heterocycles. The monoisotopic (exact) mass is 260 g/mol. The minimum absolute atomic E-state index is 0.00194. The second-order valence-electron chi connectivity index (χ2n) is 5.40. The van der Waals surface area contributed by atoms with Gasteiger partial charge in [0.1, 0.15) is 0 Å². The van der Waals surface area contributed by atoms with E-state index in [4.69, 9.17) is 10.5 Å². The lowest BCUT2D eigenvalue weighted by molar-refractivity contribution is -0.130. The molecule has 3 unspecified atom stereocenters. The Morgan fingerprint density at radius 2 is 2.11 bits per heavy atom. The number of rotatable bonds is 3. The molecule has 0 bridgehead atoms. The lowest BCUT2D eigenvalue weighted by Crippen LogP contribution is -2.38. The molecular weight excluding hydrogens is 240 g/mol. The van der Waals surface area contributed by atoms with Crippen molar-refractivity contribution in [2.45, 2.75) is 37.5 Å². The van der Waals surface area contributed by atoms with Gasteiger partial charge in [-0.2, -0.15) is 0 Å². The van der Waals surface area contributed by atoms with E-state index in [1.54, 1.807) is 0 Å². The lowest BCUT2D eigenvalue weighted by Gasteiger charge is -2.29. The van der Waals surface area contributed by atoms with E-state index in [-0.39, 0.29) is 24.1 Å². The molecule has 0 aliphatic carbocycles. The second kappa shape index (κ2) is 5.31. The van der Waals surface area contributed by atoms with Crippen molar-refractivity contribution in [1.29, 1.82) is 0 Å². The first-order chi connectivity index (χ1) is 9.25. The lowest BCUT2D eigenvalue weighted by atomic mass is 10.0. The minimum Gasteiger partial charge on any atom is -0.376 e. The van der Waals surface area contributed by atoms with Crippen molar-refractivity contribution in [3.05, 3.63) is 35.9 Å². The number of carbonyl (C=O) groups is 1. The van der Waals surface area contributed by atoms with Crippen LogP contribution in [0.1, 0.15) is 30.9 Å². The highest BCUT2D eigenvalue weighted by atomic mass is 16.5. The standard InChI is InChI=1S/C15H20N2O2/c16-13-9-14(18)17(10-12-7-4-8-19-12)15(13)11-5-2-1-3-6-11/h1-3,5-6,12-13,15H,4,7-10,16H2. The molecule has 2 N–H and O–H groups in total. The summed E-state index contributed by atoms with van der Waals surface area (Å²) in [4.78, 5) is 14.1. The third-order valence-electron chi connectivity index (χ3n) is 4.04. The zero-order valence-electron chi connectivity index (χ0n) is 11.0. The smallest absolute Gasteiger partial charge is 0.224 e. The Morgan fingerprint density at radius 3 is 2.79 bits per heavy atom. The fourth-order valence-electron chi connectivity index (χ4n) is 3.12. The van der Waals surface area contributed by atoms with E-state index in [9.17, 15) is 4.79 Å². The average Bonchev–Trinajstić information content (AvgIpc) is 3.00. The van der Waals surface area contributed by atoms with Crippen LogP contribution in [0.4, 0.5) is 0 Å². The fraction of sp³-hybridized carbons (Fsp3) is 0.533. The van der Waals surface area contributed by atoms with Gasteiger partial charge < -0.3 is 15.4 Å². The summed E-state index contributed by atoms with van der Waals surface area (Å²) < 4.78 is 5.65. The normalized spacial score (nSPS) is 31.1. The summed E-state index contributed by atoms with van der Waals surface area (Å²) in [5, 5.41) is 0. The van der Waals surface area contributed by atoms with E-state index in [1.807, 2.05) is 35.2 Å². The summed E-state index contributed by atoms with van der Waals surface area (Å²) in [5.74, 6) is 0.150. The highest BCUT2D eigenvalue weighted by molar-refractivity contribution is 5.80. The molecule has 2 aliphatic rings. The van der Waals surface area contributed by atoms with E-state index >= 15 is 0 Å². The van der Waals surface area contributed by atoms with Gasteiger partial charge in [-0.1, -0.05) is 30.3 Å². The molecule has 19 heavy (non-hydrogen) atoms. The van der Waals surface area contributed by atoms with E-state index in [0.717, 1.165) is 25.0 Å². The van der Waals surface area contributed by atoms with Gasteiger partial charge in [0.15, 0.2) is 0 Å². The molecule has 2 saturated heterocycles. The van der Waals surface area contributed by atoms with Crippen LogP contribution in [-0.4, -0.2) is 36.1 Å². The average molecular weight is 260 g/mol. The predicted molar refractivity (Wildman–Crippen MR) is 72.5 cm³/mol. The number of nitrogens with two attached hydrogens (primary N) is 1. The van der Waals surface area contributed by atoms with Crippen LogP contribution in [0, 0.1) is 0 Å². The van der Waals surface area contributed by atoms with E-state index in [1.165, 1.54) is 0 Å². The molecule has 2 aliphatic heterocycles. The topological polar surface area (TPSA) is 55.6 Å². The first-order valence-electron chi connectivity index (χ1n) is 6.97. The molecule has 1 aromatic carbocycles. The van der Waals surface area contributed by atoms with Gasteiger partial charge in [-0.25, -0.2) is 0 Å². The van der Waals surface area contributed by atoms with Crippen molar-refractivity contribution in [2.75, 3.05) is 13.2 Å². The molecule has 3 rings (SSSR count). The largest absolute Gasteiger partial charge is 0.376 e. The third-order valence-corrected chi connectivity index (χ3v) is 4.04. The van der Waals surface area contributed by atoms with Crippen molar-refractivity contribution in [3.8, 4) is 0 Å². The molecule has 2 heterocycles. The molecule has 0 saturated carbocycles. The van der Waals surface area contributed by atoms with Crippen molar-refractivity contribution in [2.24, 2.45) is 5.73 Å². The van der Waals surface area contributed by atoms with Crippen LogP contribution in [-0.2, 0) is 9.53 Å². The number of carbonyl (C=O) groups excluding carboxylic acids is 1. The Morgan fingerprint density at radius 1 is 1.32 bits per heavy atom. The Balaban J connectivity index is 1.80. The molecule has 1 amide bonds. The zero-order valence-corrected chi connectivity index (χ0v) is 11.0. The first kappa shape index (κ1) is 12.6. The van der Waals surface area contributed by atoms with Crippen LogP contribution in [0.5, 0.6) is 0 Å². The molecular formula is C15H20N2O2. The van der Waals surface area contributed by atoms with Gasteiger partial charge in [-0.15, -0.1) is 0 Å². The van der Waals surface area contributed by atoms with Gasteiger partial charge in [0.05, 0.1) is 12.1 Å². The van der Waals surface area contributed by atoms with Crippen LogP contribution >= 0.6 is 0 Å². The summed E-state index contributed by atoms with van der Waals surface area (Å²) >= 11 is 0. The highest BCUT2D eigenvalue weighted by Crippen LogP contribution is 2.33. The maximum atomic E-state index is 12.1. The van der Waals surface area contributed by atoms with Crippen LogP contribution < -0.4 is 5.73 Å². The third kappa shape index (κ3) is 2.51. The Hall–Kier alpha value is -1.39. The summed E-state index contributed by atoms with van der Waals surface area (Å²) in [7, 11) is 0. The maximum Gasteiger partial charge on any atom is 0.224 e. The van der Waals surface area contributed by atoms with Crippen LogP contribution in [0.15, 0.2) is 30.3 Å². The number of ether oxygens (including phenoxy) is 1. The molecule has 1 aromatic rings. The Labute approximate surface area is 113 Å². The summed E-state index contributed by atoms with van der Waals surface area (Å²) in [5.41, 5.74) is 7.29. The quantitative estimate of drug-likeness (QED) is 0.895. The van der Waals surface area contributed by atoms with Crippen molar-refractivity contribution >= 4 is 5.91 Å². The minimum atomic E-state index is -0.115. The maximum absolute atomic E-state index is 12.1. The summed E-state index contributed by atoms with van der Waals surface area (Å²) in [6, 6.07) is 9.95.